The fourth-order valence-corrected chi connectivity index (χ4v) is 5.03. The van der Waals surface area contributed by atoms with Gasteiger partial charge in [-0.25, -0.2) is 0 Å². The average molecular weight is 444 g/mol. The van der Waals surface area contributed by atoms with E-state index < -0.39 is 0 Å². The Morgan fingerprint density at radius 2 is 0.697 bits per heavy atom. The molecule has 3 aromatic rings. The van der Waals surface area contributed by atoms with Gasteiger partial charge in [-0.2, -0.15) is 0 Å². The number of anilines is 5. The maximum atomic E-state index is 2.51. The number of para-hydroxylation sites is 5. The van der Waals surface area contributed by atoms with Crippen LogP contribution in [0.5, 0.6) is 0 Å². The number of nitrogens with zero attached hydrogens (tertiary/aromatic N) is 3. The van der Waals surface area contributed by atoms with Crippen molar-refractivity contribution in [3.8, 4) is 0 Å². The Labute approximate surface area is 201 Å². The molecule has 0 aliphatic carbocycles. The molecule has 3 rings (SSSR count). The summed E-state index contributed by atoms with van der Waals surface area (Å²) in [6.07, 6.45) is 0. The van der Waals surface area contributed by atoms with Gasteiger partial charge >= 0.3 is 0 Å². The van der Waals surface area contributed by atoms with Gasteiger partial charge < -0.3 is 14.7 Å². The largest absolute Gasteiger partial charge is 0.365 e. The molecule has 3 aromatic carbocycles. The van der Waals surface area contributed by atoms with E-state index in [1.807, 2.05) is 0 Å². The van der Waals surface area contributed by atoms with E-state index in [9.17, 15) is 0 Å². The highest BCUT2D eigenvalue weighted by molar-refractivity contribution is 5.90. The van der Waals surface area contributed by atoms with Gasteiger partial charge in [0.2, 0.25) is 0 Å². The van der Waals surface area contributed by atoms with Gasteiger partial charge in [-0.05, 0) is 91.8 Å². The van der Waals surface area contributed by atoms with E-state index in [1.54, 1.807) is 0 Å². The molecule has 3 heteroatoms. The van der Waals surface area contributed by atoms with Gasteiger partial charge in [-0.1, -0.05) is 42.5 Å². The van der Waals surface area contributed by atoms with Crippen molar-refractivity contribution in [2.24, 2.45) is 0 Å². The fourth-order valence-electron chi connectivity index (χ4n) is 5.03. The molecule has 33 heavy (non-hydrogen) atoms. The van der Waals surface area contributed by atoms with Crippen molar-refractivity contribution in [1.82, 2.24) is 0 Å². The second-order valence-electron chi connectivity index (χ2n) is 9.84. The van der Waals surface area contributed by atoms with E-state index in [0.29, 0.717) is 24.2 Å². The molecule has 0 radical (unpaired) electrons. The third-order valence-corrected chi connectivity index (χ3v) is 6.04. The summed E-state index contributed by atoms with van der Waals surface area (Å²) in [6, 6.07) is 30.0. The molecule has 0 aliphatic heterocycles. The van der Waals surface area contributed by atoms with Crippen LogP contribution in [0.15, 0.2) is 78.9 Å². The molecule has 0 saturated heterocycles. The van der Waals surface area contributed by atoms with Crippen LogP contribution in [-0.2, 0) is 0 Å². The van der Waals surface area contributed by atoms with Crippen molar-refractivity contribution < 1.29 is 0 Å². The third kappa shape index (κ3) is 5.35. The number of hydrogen-bond acceptors (Lipinski definition) is 3. The van der Waals surface area contributed by atoms with E-state index in [0.717, 1.165) is 5.69 Å². The van der Waals surface area contributed by atoms with E-state index in [-0.39, 0.29) is 0 Å². The predicted molar refractivity (Wildman–Crippen MR) is 147 cm³/mol. The van der Waals surface area contributed by atoms with Crippen molar-refractivity contribution in [3.63, 3.8) is 0 Å². The molecule has 0 saturated carbocycles. The number of rotatable bonds is 9. The Morgan fingerprint density at radius 1 is 0.394 bits per heavy atom. The van der Waals surface area contributed by atoms with Crippen molar-refractivity contribution in [2.45, 2.75) is 79.6 Å². The smallest absolute Gasteiger partial charge is 0.0696 e. The van der Waals surface area contributed by atoms with Crippen molar-refractivity contribution in [2.75, 3.05) is 14.7 Å². The van der Waals surface area contributed by atoms with Crippen LogP contribution < -0.4 is 14.7 Å². The molecule has 0 spiro atoms. The molecule has 0 atom stereocenters. The minimum Gasteiger partial charge on any atom is -0.365 e. The Morgan fingerprint density at radius 3 is 1.03 bits per heavy atom. The van der Waals surface area contributed by atoms with Crippen LogP contribution in [0.4, 0.5) is 28.4 Å². The third-order valence-electron chi connectivity index (χ3n) is 6.04. The lowest BCUT2D eigenvalue weighted by molar-refractivity contribution is 0.607. The summed E-state index contributed by atoms with van der Waals surface area (Å²) in [5, 5.41) is 0. The molecule has 0 aliphatic rings. The molecule has 3 nitrogen and oxygen atoms in total. The molecular weight excluding hydrogens is 402 g/mol. The van der Waals surface area contributed by atoms with Crippen LogP contribution >= 0.6 is 0 Å². The fraction of sp³-hybridized carbons (Fsp3) is 0.400. The lowest BCUT2D eigenvalue weighted by Crippen LogP contribution is -2.39. The highest BCUT2D eigenvalue weighted by Gasteiger charge is 2.26. The molecule has 0 aromatic heterocycles. The second kappa shape index (κ2) is 10.8. The summed E-state index contributed by atoms with van der Waals surface area (Å²) >= 11 is 0. The topological polar surface area (TPSA) is 9.72 Å². The highest BCUT2D eigenvalue weighted by Crippen LogP contribution is 2.45. The van der Waals surface area contributed by atoms with E-state index in [4.69, 9.17) is 0 Å². The van der Waals surface area contributed by atoms with Gasteiger partial charge in [0.1, 0.15) is 0 Å². The Balaban J connectivity index is 2.32. The summed E-state index contributed by atoms with van der Waals surface area (Å²) in [7, 11) is 0. The van der Waals surface area contributed by atoms with Crippen molar-refractivity contribution >= 4 is 28.4 Å². The van der Waals surface area contributed by atoms with Crippen LogP contribution in [0.3, 0.4) is 0 Å². The molecule has 0 fully saturated rings. The lowest BCUT2D eigenvalue weighted by Gasteiger charge is -2.40. The van der Waals surface area contributed by atoms with Crippen LogP contribution in [0.25, 0.3) is 0 Å². The molecule has 0 unspecified atom stereocenters. The first-order chi connectivity index (χ1) is 15.7. The zero-order chi connectivity index (χ0) is 24.1. The van der Waals surface area contributed by atoms with Crippen LogP contribution in [0, 0.1) is 0 Å². The average Bonchev–Trinajstić information content (AvgIpc) is 2.76. The van der Waals surface area contributed by atoms with Gasteiger partial charge in [-0.15, -0.1) is 0 Å². The predicted octanol–water partition coefficient (Wildman–Crippen LogP) is 8.40. The summed E-state index contributed by atoms with van der Waals surface area (Å²) in [6.45, 7) is 18.2. The van der Waals surface area contributed by atoms with E-state index >= 15 is 0 Å². The zero-order valence-corrected chi connectivity index (χ0v) is 21.7. The standard InChI is InChI=1S/C30H41N3/c1-22(2)31(23(3)4)27-18-12-14-20-29(27)33(26-16-10-9-11-17-26)30-21-15-13-19-28(30)32(24(5)6)25(7)8/h9-25H,1-8H3. The first kappa shape index (κ1) is 24.7. The number of benzene rings is 3. The second-order valence-corrected chi connectivity index (χ2v) is 9.84. The van der Waals surface area contributed by atoms with Gasteiger partial charge in [0.25, 0.3) is 0 Å². The lowest BCUT2D eigenvalue weighted by atomic mass is 10.1. The van der Waals surface area contributed by atoms with E-state index in [1.165, 1.54) is 22.7 Å². The highest BCUT2D eigenvalue weighted by atomic mass is 15.3. The SMILES string of the molecule is CC(C)N(c1ccccc1N(c1ccccc1)c1ccccc1N(C(C)C)C(C)C)C(C)C. The Hall–Kier alpha value is -2.94. The minimum absolute atomic E-state index is 0.391. The molecule has 0 bridgehead atoms. The molecule has 176 valence electrons. The van der Waals surface area contributed by atoms with Crippen molar-refractivity contribution in [3.05, 3.63) is 78.9 Å². The van der Waals surface area contributed by atoms with E-state index in [2.05, 4.69) is 149 Å². The Bertz CT molecular complexity index is 928. The summed E-state index contributed by atoms with van der Waals surface area (Å²) in [5.41, 5.74) is 6.07. The van der Waals surface area contributed by atoms with Crippen molar-refractivity contribution in [1.29, 1.82) is 0 Å². The van der Waals surface area contributed by atoms with Crippen LogP contribution in [0.1, 0.15) is 55.4 Å². The first-order valence-electron chi connectivity index (χ1n) is 12.3. The molecule has 0 amide bonds. The first-order valence-corrected chi connectivity index (χ1v) is 12.3. The summed E-state index contributed by atoms with van der Waals surface area (Å²) < 4.78 is 0. The monoisotopic (exact) mass is 443 g/mol. The summed E-state index contributed by atoms with van der Waals surface area (Å²) in [5.74, 6) is 0. The van der Waals surface area contributed by atoms with Gasteiger partial charge in [-0.3, -0.25) is 0 Å². The Kier molecular flexibility index (Phi) is 8.07. The van der Waals surface area contributed by atoms with Crippen LogP contribution in [0.2, 0.25) is 0 Å². The normalized spacial score (nSPS) is 11.5. The number of hydrogen-bond donors (Lipinski definition) is 0. The van der Waals surface area contributed by atoms with Crippen LogP contribution in [-0.4, -0.2) is 24.2 Å². The van der Waals surface area contributed by atoms with Gasteiger partial charge in [0.15, 0.2) is 0 Å². The van der Waals surface area contributed by atoms with Gasteiger partial charge in [0, 0.05) is 29.9 Å². The zero-order valence-electron chi connectivity index (χ0n) is 21.7. The maximum Gasteiger partial charge on any atom is 0.0696 e. The maximum absolute atomic E-state index is 2.51. The minimum atomic E-state index is 0.391. The molecular formula is C30H41N3. The molecule has 0 N–H and O–H groups in total. The quantitative estimate of drug-likeness (QED) is 0.329. The van der Waals surface area contributed by atoms with Gasteiger partial charge in [0.05, 0.1) is 22.7 Å². The molecule has 0 heterocycles. The summed E-state index contributed by atoms with van der Waals surface area (Å²) in [4.78, 5) is 7.45.